The maximum absolute atomic E-state index is 4.15. The average molecular weight is 283 g/mol. The molecular formula is C18H25N3. The van der Waals surface area contributed by atoms with Gasteiger partial charge in [-0.2, -0.15) is 0 Å². The summed E-state index contributed by atoms with van der Waals surface area (Å²) in [6, 6.07) is 9.15. The SMILES string of the molecule is C=C(C)C[C@H](c1cn(C)c2ccccc12)N1CCNCC1. The van der Waals surface area contributed by atoms with E-state index >= 15 is 0 Å². The van der Waals surface area contributed by atoms with Gasteiger partial charge in [-0.05, 0) is 25.0 Å². The molecule has 0 spiro atoms. The van der Waals surface area contributed by atoms with Gasteiger partial charge in [0.25, 0.3) is 0 Å². The fourth-order valence-electron chi connectivity index (χ4n) is 3.40. The van der Waals surface area contributed by atoms with E-state index in [1.165, 1.54) is 22.0 Å². The highest BCUT2D eigenvalue weighted by Gasteiger charge is 2.24. The predicted octanol–water partition coefficient (Wildman–Crippen LogP) is 3.09. The Morgan fingerprint density at radius 2 is 2.00 bits per heavy atom. The Bertz CT molecular complexity index is 635. The standard InChI is InChI=1S/C18H25N3/c1-14(2)12-18(21-10-8-19-9-11-21)16-13-20(3)17-7-5-4-6-15(16)17/h4-7,13,18-19H,1,8-12H2,2-3H3/t18-/m1/s1. The van der Waals surface area contributed by atoms with Crippen LogP contribution in [0.4, 0.5) is 0 Å². The van der Waals surface area contributed by atoms with Crippen LogP contribution >= 0.6 is 0 Å². The minimum atomic E-state index is 0.440. The van der Waals surface area contributed by atoms with Gasteiger partial charge in [0, 0.05) is 56.4 Å². The first kappa shape index (κ1) is 14.4. The summed E-state index contributed by atoms with van der Waals surface area (Å²) in [5.41, 5.74) is 4.01. The largest absolute Gasteiger partial charge is 0.350 e. The van der Waals surface area contributed by atoms with Gasteiger partial charge in [-0.1, -0.05) is 23.8 Å². The molecule has 3 rings (SSSR count). The van der Waals surface area contributed by atoms with E-state index in [1.807, 2.05) is 0 Å². The molecule has 1 N–H and O–H groups in total. The van der Waals surface area contributed by atoms with E-state index in [0.717, 1.165) is 32.6 Å². The van der Waals surface area contributed by atoms with Crippen molar-refractivity contribution in [3.8, 4) is 0 Å². The number of benzene rings is 1. The number of para-hydroxylation sites is 1. The van der Waals surface area contributed by atoms with Crippen LogP contribution in [0.5, 0.6) is 0 Å². The Kier molecular flexibility index (Phi) is 4.13. The first-order valence-corrected chi connectivity index (χ1v) is 7.80. The maximum Gasteiger partial charge on any atom is 0.0481 e. The maximum atomic E-state index is 4.15. The van der Waals surface area contributed by atoms with Crippen LogP contribution < -0.4 is 5.32 Å². The van der Waals surface area contributed by atoms with E-state index in [2.05, 4.69) is 65.8 Å². The molecule has 3 nitrogen and oxygen atoms in total. The van der Waals surface area contributed by atoms with Gasteiger partial charge in [0.05, 0.1) is 0 Å². The number of nitrogens with one attached hydrogen (secondary N) is 1. The molecule has 0 aliphatic carbocycles. The van der Waals surface area contributed by atoms with E-state index in [-0.39, 0.29) is 0 Å². The average Bonchev–Trinajstić information content (AvgIpc) is 2.83. The Morgan fingerprint density at radius 3 is 2.71 bits per heavy atom. The Hall–Kier alpha value is -1.58. The van der Waals surface area contributed by atoms with Crippen molar-refractivity contribution < 1.29 is 0 Å². The Balaban J connectivity index is 2.03. The van der Waals surface area contributed by atoms with Crippen LogP contribution in [0.3, 0.4) is 0 Å². The lowest BCUT2D eigenvalue weighted by Crippen LogP contribution is -2.45. The van der Waals surface area contributed by atoms with Gasteiger partial charge in [-0.25, -0.2) is 0 Å². The van der Waals surface area contributed by atoms with Crippen molar-refractivity contribution in [3.63, 3.8) is 0 Å². The predicted molar refractivity (Wildman–Crippen MR) is 89.5 cm³/mol. The molecule has 3 heteroatoms. The Morgan fingerprint density at radius 1 is 1.29 bits per heavy atom. The molecular weight excluding hydrogens is 258 g/mol. The van der Waals surface area contributed by atoms with Crippen LogP contribution in [0.15, 0.2) is 42.6 Å². The van der Waals surface area contributed by atoms with E-state index in [9.17, 15) is 0 Å². The van der Waals surface area contributed by atoms with Crippen molar-refractivity contribution in [3.05, 3.63) is 48.2 Å². The molecule has 2 heterocycles. The number of aromatic nitrogens is 1. The summed E-state index contributed by atoms with van der Waals surface area (Å²) in [6.45, 7) is 10.7. The number of hydrogen-bond donors (Lipinski definition) is 1. The molecule has 1 saturated heterocycles. The highest BCUT2D eigenvalue weighted by Crippen LogP contribution is 2.33. The number of piperazine rings is 1. The second kappa shape index (κ2) is 6.04. The lowest BCUT2D eigenvalue weighted by Gasteiger charge is -2.35. The fraction of sp³-hybridized carbons (Fsp3) is 0.444. The third-order valence-corrected chi connectivity index (χ3v) is 4.42. The summed E-state index contributed by atoms with van der Waals surface area (Å²) in [5, 5.41) is 4.83. The molecule has 112 valence electrons. The van der Waals surface area contributed by atoms with Crippen LogP contribution in [0, 0.1) is 0 Å². The summed E-state index contributed by atoms with van der Waals surface area (Å²) >= 11 is 0. The van der Waals surface area contributed by atoms with Crippen molar-refractivity contribution in [2.75, 3.05) is 26.2 Å². The highest BCUT2D eigenvalue weighted by molar-refractivity contribution is 5.84. The molecule has 1 fully saturated rings. The lowest BCUT2D eigenvalue weighted by atomic mass is 9.97. The second-order valence-electron chi connectivity index (χ2n) is 6.18. The normalized spacial score (nSPS) is 18.0. The first-order valence-electron chi connectivity index (χ1n) is 7.80. The van der Waals surface area contributed by atoms with E-state index < -0.39 is 0 Å². The Labute approximate surface area is 127 Å². The van der Waals surface area contributed by atoms with Gasteiger partial charge in [-0.3, -0.25) is 4.90 Å². The molecule has 21 heavy (non-hydrogen) atoms. The van der Waals surface area contributed by atoms with Crippen LogP contribution in [0.2, 0.25) is 0 Å². The molecule has 0 bridgehead atoms. The minimum Gasteiger partial charge on any atom is -0.350 e. The number of hydrogen-bond acceptors (Lipinski definition) is 2. The zero-order chi connectivity index (χ0) is 14.8. The summed E-state index contributed by atoms with van der Waals surface area (Å²) < 4.78 is 2.25. The minimum absolute atomic E-state index is 0.440. The van der Waals surface area contributed by atoms with Crippen LogP contribution in [-0.2, 0) is 7.05 Å². The molecule has 1 aromatic carbocycles. The van der Waals surface area contributed by atoms with Crippen molar-refractivity contribution in [2.24, 2.45) is 7.05 Å². The topological polar surface area (TPSA) is 20.2 Å². The van der Waals surface area contributed by atoms with Crippen molar-refractivity contribution in [1.29, 1.82) is 0 Å². The van der Waals surface area contributed by atoms with Crippen LogP contribution in [0.25, 0.3) is 10.9 Å². The van der Waals surface area contributed by atoms with Gasteiger partial charge in [0.1, 0.15) is 0 Å². The van der Waals surface area contributed by atoms with Crippen LogP contribution in [-0.4, -0.2) is 35.6 Å². The zero-order valence-corrected chi connectivity index (χ0v) is 13.1. The van der Waals surface area contributed by atoms with E-state index in [1.54, 1.807) is 0 Å². The smallest absolute Gasteiger partial charge is 0.0481 e. The molecule has 0 amide bonds. The summed E-state index contributed by atoms with van der Waals surface area (Å²) in [5.74, 6) is 0. The van der Waals surface area contributed by atoms with Crippen molar-refractivity contribution in [1.82, 2.24) is 14.8 Å². The third-order valence-electron chi connectivity index (χ3n) is 4.42. The molecule has 0 saturated carbocycles. The molecule has 1 aromatic heterocycles. The van der Waals surface area contributed by atoms with E-state index in [0.29, 0.717) is 6.04 Å². The fourth-order valence-corrected chi connectivity index (χ4v) is 3.40. The quantitative estimate of drug-likeness (QED) is 0.870. The van der Waals surface area contributed by atoms with Gasteiger partial charge in [0.2, 0.25) is 0 Å². The molecule has 0 radical (unpaired) electrons. The van der Waals surface area contributed by atoms with Gasteiger partial charge >= 0.3 is 0 Å². The number of nitrogens with zero attached hydrogens (tertiary/aromatic N) is 2. The van der Waals surface area contributed by atoms with Gasteiger partial charge in [0.15, 0.2) is 0 Å². The molecule has 0 unspecified atom stereocenters. The van der Waals surface area contributed by atoms with Crippen molar-refractivity contribution >= 4 is 10.9 Å². The monoisotopic (exact) mass is 283 g/mol. The first-order chi connectivity index (χ1) is 10.2. The highest BCUT2D eigenvalue weighted by atomic mass is 15.2. The number of fused-ring (bicyclic) bond motifs is 1. The van der Waals surface area contributed by atoms with Crippen LogP contribution in [0.1, 0.15) is 24.9 Å². The molecule has 1 atom stereocenters. The lowest BCUT2D eigenvalue weighted by molar-refractivity contribution is 0.173. The summed E-state index contributed by atoms with van der Waals surface area (Å²) in [4.78, 5) is 2.60. The molecule has 2 aromatic rings. The third kappa shape index (κ3) is 2.89. The molecule has 1 aliphatic rings. The zero-order valence-electron chi connectivity index (χ0n) is 13.1. The molecule has 1 aliphatic heterocycles. The number of rotatable bonds is 4. The number of aryl methyl sites for hydroxylation is 1. The summed E-state index contributed by atoms with van der Waals surface area (Å²) in [6.07, 6.45) is 3.34. The van der Waals surface area contributed by atoms with Gasteiger partial charge in [-0.15, -0.1) is 6.58 Å². The summed E-state index contributed by atoms with van der Waals surface area (Å²) in [7, 11) is 2.14. The second-order valence-corrected chi connectivity index (χ2v) is 6.18. The van der Waals surface area contributed by atoms with Crippen molar-refractivity contribution in [2.45, 2.75) is 19.4 Å². The van der Waals surface area contributed by atoms with Gasteiger partial charge < -0.3 is 9.88 Å². The van der Waals surface area contributed by atoms with E-state index in [4.69, 9.17) is 0 Å².